The van der Waals surface area contributed by atoms with Gasteiger partial charge in [-0.3, -0.25) is 4.79 Å². The molecule has 0 aliphatic carbocycles. The van der Waals surface area contributed by atoms with Crippen LogP contribution in [0.25, 0.3) is 0 Å². The van der Waals surface area contributed by atoms with Crippen LogP contribution in [0.1, 0.15) is 5.56 Å². The van der Waals surface area contributed by atoms with Crippen LogP contribution < -0.4 is 5.54 Å². The minimum absolute atomic E-state index is 0.340. The number of hydrogen-bond donors (Lipinski definition) is 2. The van der Waals surface area contributed by atoms with Crippen LogP contribution in [0.2, 0.25) is 0 Å². The van der Waals surface area contributed by atoms with E-state index in [4.69, 9.17) is 5.11 Å². The van der Waals surface area contributed by atoms with Crippen molar-refractivity contribution >= 4 is 5.91 Å². The van der Waals surface area contributed by atoms with Crippen LogP contribution >= 0.6 is 0 Å². The number of aliphatic hydroxyl groups is 1. The summed E-state index contributed by atoms with van der Waals surface area (Å²) in [6.45, 7) is -0.357. The molecule has 0 spiro atoms. The van der Waals surface area contributed by atoms with Crippen molar-refractivity contribution in [3.05, 3.63) is 35.9 Å². The van der Waals surface area contributed by atoms with Gasteiger partial charge in [-0.2, -0.15) is 5.54 Å². The molecule has 1 rings (SSSR count). The second-order valence-corrected chi connectivity index (χ2v) is 3.03. The third kappa shape index (κ3) is 2.81. The Bertz CT molecular complexity index is 289. The Morgan fingerprint density at radius 3 is 2.57 bits per heavy atom. The lowest BCUT2D eigenvalue weighted by Crippen LogP contribution is -2.29. The first-order chi connectivity index (χ1) is 6.77. The first-order valence-electron chi connectivity index (χ1n) is 4.33. The van der Waals surface area contributed by atoms with Gasteiger partial charge in [0.1, 0.15) is 0 Å². The summed E-state index contributed by atoms with van der Waals surface area (Å²) in [7, 11) is 0. The molecule has 0 saturated carbocycles. The van der Waals surface area contributed by atoms with Gasteiger partial charge in [-0.1, -0.05) is 30.3 Å². The Morgan fingerprint density at radius 2 is 2.07 bits per heavy atom. The number of hydrogen-bond acceptors (Lipinski definition) is 2. The highest BCUT2D eigenvalue weighted by Gasteiger charge is 2.17. The fourth-order valence-electron chi connectivity index (χ4n) is 1.22. The number of amides is 1. The van der Waals surface area contributed by atoms with Crippen molar-refractivity contribution < 1.29 is 14.4 Å². The van der Waals surface area contributed by atoms with Crippen LogP contribution in [0.3, 0.4) is 0 Å². The smallest absolute Gasteiger partial charge is 0.253 e. The molecule has 0 radical (unpaired) electrons. The summed E-state index contributed by atoms with van der Waals surface area (Å²) in [5.74, 6) is -1.50. The summed E-state index contributed by atoms with van der Waals surface area (Å²) in [5.41, 5.74) is 1.94. The van der Waals surface area contributed by atoms with Gasteiger partial charge < -0.3 is 5.11 Å². The van der Waals surface area contributed by atoms with Gasteiger partial charge in [0.15, 0.2) is 0 Å². The minimum Gasteiger partial charge on any atom is -0.396 e. The van der Waals surface area contributed by atoms with Crippen LogP contribution in [0.5, 0.6) is 0 Å². The van der Waals surface area contributed by atoms with Crippen LogP contribution in [0.15, 0.2) is 30.3 Å². The van der Waals surface area contributed by atoms with Crippen LogP contribution in [0.4, 0.5) is 4.48 Å². The highest BCUT2D eigenvalue weighted by atomic mass is 19.2. The van der Waals surface area contributed by atoms with E-state index in [0.29, 0.717) is 6.42 Å². The molecule has 0 unspecified atom stereocenters. The van der Waals surface area contributed by atoms with E-state index in [-0.39, 0.29) is 6.61 Å². The molecule has 1 amide bonds. The van der Waals surface area contributed by atoms with Crippen molar-refractivity contribution in [2.24, 2.45) is 5.92 Å². The maximum atomic E-state index is 11.8. The monoisotopic (exact) mass is 197 g/mol. The lowest BCUT2D eigenvalue weighted by atomic mass is 10.00. The van der Waals surface area contributed by atoms with Crippen molar-refractivity contribution in [1.29, 1.82) is 0 Å². The van der Waals surface area contributed by atoms with E-state index in [2.05, 4.69) is 0 Å². The molecule has 14 heavy (non-hydrogen) atoms. The molecule has 76 valence electrons. The topological polar surface area (TPSA) is 49.3 Å². The van der Waals surface area contributed by atoms with E-state index in [1.807, 2.05) is 30.3 Å². The molecule has 4 heteroatoms. The van der Waals surface area contributed by atoms with Gasteiger partial charge in [0.05, 0.1) is 12.5 Å². The number of halogens is 1. The largest absolute Gasteiger partial charge is 0.396 e. The lowest BCUT2D eigenvalue weighted by Gasteiger charge is -2.10. The molecular weight excluding hydrogens is 185 g/mol. The average molecular weight is 197 g/mol. The van der Waals surface area contributed by atoms with Gasteiger partial charge in [0, 0.05) is 0 Å². The predicted molar refractivity (Wildman–Crippen MR) is 50.0 cm³/mol. The Balaban J connectivity index is 2.62. The molecule has 0 saturated heterocycles. The predicted octanol–water partition coefficient (Wildman–Crippen LogP) is 0.838. The van der Waals surface area contributed by atoms with Gasteiger partial charge >= 0.3 is 0 Å². The minimum atomic E-state index is -0.781. The van der Waals surface area contributed by atoms with Crippen molar-refractivity contribution in [3.63, 3.8) is 0 Å². The van der Waals surface area contributed by atoms with Crippen LogP contribution in [0, 0.1) is 5.92 Å². The van der Waals surface area contributed by atoms with Crippen molar-refractivity contribution in [3.8, 4) is 0 Å². The normalized spacial score (nSPS) is 12.1. The first kappa shape index (κ1) is 10.7. The average Bonchev–Trinajstić information content (AvgIpc) is 2.26. The Kier molecular flexibility index (Phi) is 4.07. The maximum absolute atomic E-state index is 11.8. The summed E-state index contributed by atoms with van der Waals surface area (Å²) in [6.07, 6.45) is 0.340. The third-order valence-electron chi connectivity index (χ3n) is 2.01. The summed E-state index contributed by atoms with van der Waals surface area (Å²) in [4.78, 5) is 10.9. The van der Waals surface area contributed by atoms with Crippen molar-refractivity contribution in [1.82, 2.24) is 5.54 Å². The lowest BCUT2D eigenvalue weighted by molar-refractivity contribution is -0.130. The zero-order valence-corrected chi connectivity index (χ0v) is 7.61. The van der Waals surface area contributed by atoms with Gasteiger partial charge in [-0.15, -0.1) is 4.48 Å². The number of nitrogens with one attached hydrogen (secondary N) is 1. The molecule has 0 heterocycles. The number of carbonyl (C=O) groups is 1. The maximum Gasteiger partial charge on any atom is 0.253 e. The molecule has 3 nitrogen and oxygen atoms in total. The van der Waals surface area contributed by atoms with E-state index in [9.17, 15) is 9.28 Å². The van der Waals surface area contributed by atoms with Gasteiger partial charge in [0.25, 0.3) is 5.91 Å². The summed E-state index contributed by atoms with van der Waals surface area (Å²) < 4.78 is 11.8. The summed E-state index contributed by atoms with van der Waals surface area (Å²) >= 11 is 0. The van der Waals surface area contributed by atoms with E-state index in [0.717, 1.165) is 11.1 Å². The fraction of sp³-hybridized carbons (Fsp3) is 0.300. The fourth-order valence-corrected chi connectivity index (χ4v) is 1.22. The van der Waals surface area contributed by atoms with Crippen molar-refractivity contribution in [2.45, 2.75) is 6.42 Å². The van der Waals surface area contributed by atoms with Gasteiger partial charge in [-0.25, -0.2) is 0 Å². The molecule has 2 N–H and O–H groups in total. The van der Waals surface area contributed by atoms with Gasteiger partial charge in [-0.05, 0) is 12.0 Å². The molecule has 1 aromatic rings. The highest BCUT2D eigenvalue weighted by Crippen LogP contribution is 2.08. The highest BCUT2D eigenvalue weighted by molar-refractivity contribution is 5.77. The number of benzene rings is 1. The number of rotatable bonds is 4. The molecule has 0 aliphatic rings. The van der Waals surface area contributed by atoms with E-state index < -0.39 is 11.8 Å². The zero-order valence-electron chi connectivity index (χ0n) is 7.61. The quantitative estimate of drug-likeness (QED) is 0.703. The Morgan fingerprint density at radius 1 is 1.43 bits per heavy atom. The molecule has 0 fully saturated rings. The Labute approximate surface area is 81.5 Å². The van der Waals surface area contributed by atoms with E-state index in [1.165, 1.54) is 0 Å². The van der Waals surface area contributed by atoms with Crippen LogP contribution in [-0.4, -0.2) is 17.6 Å². The zero-order chi connectivity index (χ0) is 10.4. The number of aliphatic hydroxyl groups excluding tert-OH is 1. The van der Waals surface area contributed by atoms with Gasteiger partial charge in [0.2, 0.25) is 0 Å². The second kappa shape index (κ2) is 5.34. The molecule has 0 bridgehead atoms. The van der Waals surface area contributed by atoms with Crippen molar-refractivity contribution in [2.75, 3.05) is 6.61 Å². The van der Waals surface area contributed by atoms with E-state index >= 15 is 0 Å². The first-order valence-corrected chi connectivity index (χ1v) is 4.33. The third-order valence-corrected chi connectivity index (χ3v) is 2.01. The molecule has 1 atom stereocenters. The van der Waals surface area contributed by atoms with E-state index in [1.54, 1.807) is 0 Å². The Hall–Kier alpha value is -1.42. The molecule has 0 aliphatic heterocycles. The summed E-state index contributed by atoms with van der Waals surface area (Å²) in [6, 6.07) is 9.17. The second-order valence-electron chi connectivity index (χ2n) is 3.03. The summed E-state index contributed by atoms with van der Waals surface area (Å²) in [5, 5.41) is 8.86. The molecule has 0 aromatic heterocycles. The van der Waals surface area contributed by atoms with Crippen LogP contribution in [-0.2, 0) is 11.2 Å². The SMILES string of the molecule is O=C(NF)[C@@H](CO)Cc1ccccc1. The standard InChI is InChI=1S/C10H12FNO2/c11-12-10(14)9(7-13)6-8-4-2-1-3-5-8/h1-5,9,13H,6-7H2,(H,12,14)/t9-/m1/s1. The molecule has 1 aromatic carbocycles. The molecular formula is C10H12FNO2. The number of carbonyl (C=O) groups excluding carboxylic acids is 1.